The predicted molar refractivity (Wildman–Crippen MR) is 107 cm³/mol. The van der Waals surface area contributed by atoms with Gasteiger partial charge in [-0.2, -0.15) is 5.10 Å². The number of halogens is 1. The van der Waals surface area contributed by atoms with Crippen molar-refractivity contribution in [1.82, 2.24) is 5.01 Å². The molecule has 0 aromatic heterocycles. The van der Waals surface area contributed by atoms with Gasteiger partial charge in [-0.15, -0.1) is 0 Å². The summed E-state index contributed by atoms with van der Waals surface area (Å²) in [7, 11) is 1.66. The first-order chi connectivity index (χ1) is 13.5. The van der Waals surface area contributed by atoms with E-state index in [9.17, 15) is 9.18 Å². The molecule has 144 valence electrons. The highest BCUT2D eigenvalue weighted by Crippen LogP contribution is 2.45. The van der Waals surface area contributed by atoms with E-state index in [1.165, 1.54) is 18.6 Å². The highest BCUT2D eigenvalue weighted by molar-refractivity contribution is 6.06. The molecule has 0 saturated heterocycles. The highest BCUT2D eigenvalue weighted by atomic mass is 19.1. The molecular weight excluding hydrogens is 355 g/mol. The summed E-state index contributed by atoms with van der Waals surface area (Å²) < 4.78 is 19.3. The van der Waals surface area contributed by atoms with Crippen LogP contribution in [-0.2, 0) is 11.2 Å². The zero-order chi connectivity index (χ0) is 19.8. The highest BCUT2D eigenvalue weighted by Gasteiger charge is 2.42. The molecule has 0 bridgehead atoms. The van der Waals surface area contributed by atoms with E-state index in [2.05, 4.69) is 12.1 Å². The van der Waals surface area contributed by atoms with E-state index >= 15 is 0 Å². The Labute approximate surface area is 164 Å². The first kappa shape index (κ1) is 18.4. The average Bonchev–Trinajstić information content (AvgIpc) is 3.07. The summed E-state index contributed by atoms with van der Waals surface area (Å²) in [5.74, 6) is 0.677. The second-order valence-corrected chi connectivity index (χ2v) is 7.39. The third kappa shape index (κ3) is 3.21. The van der Waals surface area contributed by atoms with Crippen LogP contribution in [0.15, 0.2) is 59.3 Å². The van der Waals surface area contributed by atoms with Crippen LogP contribution in [0.1, 0.15) is 43.0 Å². The molecule has 4 rings (SSSR count). The van der Waals surface area contributed by atoms with Gasteiger partial charge in [-0.05, 0) is 68.1 Å². The molecule has 5 heteroatoms. The molecule has 0 unspecified atom stereocenters. The van der Waals surface area contributed by atoms with Crippen LogP contribution in [0.3, 0.4) is 0 Å². The summed E-state index contributed by atoms with van der Waals surface area (Å²) in [4.78, 5) is 11.7. The number of ketones is 1. The summed E-state index contributed by atoms with van der Waals surface area (Å²) in [5, 5.41) is 6.80. The largest absolute Gasteiger partial charge is 0.497 e. The maximum absolute atomic E-state index is 14.0. The minimum absolute atomic E-state index is 0.0318. The molecule has 2 aromatic carbocycles. The molecule has 2 aliphatic rings. The van der Waals surface area contributed by atoms with Gasteiger partial charge in [0.25, 0.3) is 0 Å². The molecular formula is C23H23FN2O2. The summed E-state index contributed by atoms with van der Waals surface area (Å²) in [5.41, 5.74) is 4.95. The van der Waals surface area contributed by atoms with E-state index in [0.717, 1.165) is 41.1 Å². The van der Waals surface area contributed by atoms with Crippen LogP contribution in [0.25, 0.3) is 0 Å². The SMILES string of the molecule is COc1ccc2c(c1)CC[C@H]1C2=NN(/C(C)=C/C(C)=O)[C@@H]1c1cccc(F)c1. The third-order valence-corrected chi connectivity index (χ3v) is 5.49. The van der Waals surface area contributed by atoms with Crippen molar-refractivity contribution in [2.24, 2.45) is 11.0 Å². The van der Waals surface area contributed by atoms with Gasteiger partial charge in [-0.25, -0.2) is 4.39 Å². The van der Waals surface area contributed by atoms with Crippen LogP contribution in [0.2, 0.25) is 0 Å². The Kier molecular flexibility index (Phi) is 4.75. The van der Waals surface area contributed by atoms with Crippen LogP contribution in [-0.4, -0.2) is 23.6 Å². The molecule has 1 heterocycles. The van der Waals surface area contributed by atoms with E-state index in [0.29, 0.717) is 0 Å². The zero-order valence-corrected chi connectivity index (χ0v) is 16.3. The van der Waals surface area contributed by atoms with Crippen LogP contribution in [0, 0.1) is 11.7 Å². The van der Waals surface area contributed by atoms with Gasteiger partial charge in [0, 0.05) is 23.3 Å². The number of carbonyl (C=O) groups excluding carboxylic acids is 1. The molecule has 0 amide bonds. The molecule has 2 aromatic rings. The van der Waals surface area contributed by atoms with Crippen LogP contribution in [0.5, 0.6) is 5.75 Å². The Balaban J connectivity index is 1.82. The number of rotatable bonds is 4. The molecule has 0 radical (unpaired) electrons. The number of nitrogens with zero attached hydrogens (tertiary/aromatic N) is 2. The van der Waals surface area contributed by atoms with Crippen molar-refractivity contribution in [2.75, 3.05) is 7.11 Å². The van der Waals surface area contributed by atoms with E-state index in [1.54, 1.807) is 25.3 Å². The minimum atomic E-state index is -0.264. The average molecular weight is 378 g/mol. The van der Waals surface area contributed by atoms with Crippen LogP contribution >= 0.6 is 0 Å². The summed E-state index contributed by atoms with van der Waals surface area (Å²) in [6.07, 6.45) is 3.40. The molecule has 0 fully saturated rings. The Morgan fingerprint density at radius 1 is 1.25 bits per heavy atom. The minimum Gasteiger partial charge on any atom is -0.497 e. The molecule has 0 N–H and O–H groups in total. The molecule has 1 aliphatic carbocycles. The van der Waals surface area contributed by atoms with Crippen LogP contribution < -0.4 is 4.74 Å². The topological polar surface area (TPSA) is 41.9 Å². The first-order valence-corrected chi connectivity index (χ1v) is 9.47. The summed E-state index contributed by atoms with van der Waals surface area (Å²) in [6, 6.07) is 12.6. The fraction of sp³-hybridized carbons (Fsp3) is 0.304. The molecule has 0 spiro atoms. The molecule has 2 atom stereocenters. The van der Waals surface area contributed by atoms with Crippen molar-refractivity contribution in [3.8, 4) is 5.75 Å². The van der Waals surface area contributed by atoms with E-state index in [-0.39, 0.29) is 23.6 Å². The monoisotopic (exact) mass is 378 g/mol. The second-order valence-electron chi connectivity index (χ2n) is 7.39. The zero-order valence-electron chi connectivity index (χ0n) is 16.3. The third-order valence-electron chi connectivity index (χ3n) is 5.49. The Hall–Kier alpha value is -2.95. The maximum atomic E-state index is 14.0. The first-order valence-electron chi connectivity index (χ1n) is 9.47. The van der Waals surface area contributed by atoms with E-state index in [1.807, 2.05) is 24.1 Å². The fourth-order valence-corrected chi connectivity index (χ4v) is 4.31. The molecule has 4 nitrogen and oxygen atoms in total. The quantitative estimate of drug-likeness (QED) is 0.727. The number of hydrazone groups is 1. The number of hydrogen-bond donors (Lipinski definition) is 0. The molecule has 1 aliphatic heterocycles. The lowest BCUT2D eigenvalue weighted by molar-refractivity contribution is -0.112. The number of hydrogen-bond acceptors (Lipinski definition) is 4. The van der Waals surface area contributed by atoms with Crippen molar-refractivity contribution >= 4 is 11.5 Å². The standard InChI is InChI=1S/C23H23FN2O2/c1-14(11-15(2)27)26-23(17-5-4-6-18(24)12-17)21-9-7-16-13-19(28-3)8-10-20(16)22(21)25-26/h4-6,8,10-13,21,23H,7,9H2,1-3H3/b14-11+/t21-,23+/m0/s1. The van der Waals surface area contributed by atoms with Gasteiger partial charge in [0.15, 0.2) is 5.78 Å². The van der Waals surface area contributed by atoms with Gasteiger partial charge in [-0.3, -0.25) is 9.80 Å². The van der Waals surface area contributed by atoms with Gasteiger partial charge in [0.1, 0.15) is 11.6 Å². The number of fused-ring (bicyclic) bond motifs is 3. The molecule has 28 heavy (non-hydrogen) atoms. The lowest BCUT2D eigenvalue weighted by Crippen LogP contribution is -2.28. The van der Waals surface area contributed by atoms with E-state index < -0.39 is 0 Å². The second kappa shape index (κ2) is 7.23. The lowest BCUT2D eigenvalue weighted by atomic mass is 9.77. The Bertz CT molecular complexity index is 996. The van der Waals surface area contributed by atoms with Gasteiger partial charge in [0.2, 0.25) is 0 Å². The lowest BCUT2D eigenvalue weighted by Gasteiger charge is -2.31. The predicted octanol–water partition coefficient (Wildman–Crippen LogP) is 4.65. The summed E-state index contributed by atoms with van der Waals surface area (Å²) >= 11 is 0. The number of aryl methyl sites for hydroxylation is 1. The summed E-state index contributed by atoms with van der Waals surface area (Å²) in [6.45, 7) is 3.41. The molecule has 0 saturated carbocycles. The normalized spacial score (nSPS) is 21.1. The maximum Gasteiger partial charge on any atom is 0.154 e. The van der Waals surface area contributed by atoms with Crippen molar-refractivity contribution in [3.05, 3.63) is 76.7 Å². The number of methoxy groups -OCH3 is 1. The van der Waals surface area contributed by atoms with Crippen molar-refractivity contribution in [3.63, 3.8) is 0 Å². The van der Waals surface area contributed by atoms with Crippen molar-refractivity contribution < 1.29 is 13.9 Å². The van der Waals surface area contributed by atoms with Gasteiger partial charge >= 0.3 is 0 Å². The van der Waals surface area contributed by atoms with Crippen molar-refractivity contribution in [2.45, 2.75) is 32.7 Å². The fourth-order valence-electron chi connectivity index (χ4n) is 4.31. The number of benzene rings is 2. The Morgan fingerprint density at radius 2 is 2.07 bits per heavy atom. The van der Waals surface area contributed by atoms with Crippen molar-refractivity contribution in [1.29, 1.82) is 0 Å². The van der Waals surface area contributed by atoms with E-state index in [4.69, 9.17) is 9.84 Å². The van der Waals surface area contributed by atoms with Gasteiger partial charge in [-0.1, -0.05) is 12.1 Å². The number of carbonyl (C=O) groups is 1. The number of allylic oxidation sites excluding steroid dienone is 2. The van der Waals surface area contributed by atoms with Gasteiger partial charge in [0.05, 0.1) is 18.9 Å². The van der Waals surface area contributed by atoms with Gasteiger partial charge < -0.3 is 4.74 Å². The smallest absolute Gasteiger partial charge is 0.154 e. The van der Waals surface area contributed by atoms with Crippen LogP contribution in [0.4, 0.5) is 4.39 Å². The number of ether oxygens (including phenoxy) is 1. The Morgan fingerprint density at radius 3 is 2.79 bits per heavy atom.